The van der Waals surface area contributed by atoms with Gasteiger partial charge in [0.2, 0.25) is 5.82 Å². The van der Waals surface area contributed by atoms with E-state index in [4.69, 9.17) is 0 Å². The van der Waals surface area contributed by atoms with E-state index in [2.05, 4.69) is 11.3 Å². The molecule has 0 amide bonds. The zero-order valence-electron chi connectivity index (χ0n) is 8.20. The molecule has 0 saturated carbocycles. The van der Waals surface area contributed by atoms with Gasteiger partial charge in [-0.15, -0.1) is 0 Å². The molecule has 1 aromatic rings. The second-order valence-corrected chi connectivity index (χ2v) is 2.83. The van der Waals surface area contributed by atoms with E-state index in [1.54, 1.807) is 0 Å². The van der Waals surface area contributed by atoms with Crippen molar-refractivity contribution in [2.24, 2.45) is 0 Å². The summed E-state index contributed by atoms with van der Waals surface area (Å²) in [5.74, 6) is -12.8. The molecule has 92 valence electrons. The Bertz CT molecular complexity index is 455. The largest absolute Gasteiger partial charge is 0.458 e. The van der Waals surface area contributed by atoms with E-state index >= 15 is 0 Å². The average Bonchev–Trinajstić information content (AvgIpc) is 2.31. The maximum atomic E-state index is 13.0. The minimum Gasteiger partial charge on any atom is -0.458 e. The van der Waals surface area contributed by atoms with E-state index in [1.807, 2.05) is 0 Å². The number of hydrogen-bond donors (Lipinski definition) is 0. The Hall–Kier alpha value is -1.92. The molecular weight excluding hydrogens is 247 g/mol. The Morgan fingerprint density at radius 1 is 1.00 bits per heavy atom. The summed E-state index contributed by atoms with van der Waals surface area (Å²) in [5, 5.41) is 0. The second-order valence-electron chi connectivity index (χ2n) is 2.83. The normalized spacial score (nSPS) is 10.2. The van der Waals surface area contributed by atoms with Crippen LogP contribution in [0.15, 0.2) is 12.7 Å². The van der Waals surface area contributed by atoms with Crippen LogP contribution < -0.4 is 0 Å². The molecule has 0 fully saturated rings. The summed E-state index contributed by atoms with van der Waals surface area (Å²) < 4.78 is 68.3. The number of carbonyl (C=O) groups excluding carboxylic acids is 1. The van der Waals surface area contributed by atoms with Crippen molar-refractivity contribution in [3.63, 3.8) is 0 Å². The molecule has 17 heavy (non-hydrogen) atoms. The lowest BCUT2D eigenvalue weighted by atomic mass is 10.1. The molecule has 0 aliphatic heterocycles. The van der Waals surface area contributed by atoms with Crippen LogP contribution in [0.2, 0.25) is 0 Å². The van der Waals surface area contributed by atoms with Crippen molar-refractivity contribution < 1.29 is 31.5 Å². The van der Waals surface area contributed by atoms with Crippen molar-refractivity contribution >= 4 is 5.97 Å². The van der Waals surface area contributed by atoms with Crippen LogP contribution in [0.1, 0.15) is 10.4 Å². The third kappa shape index (κ3) is 2.27. The molecule has 0 unspecified atom stereocenters. The van der Waals surface area contributed by atoms with Gasteiger partial charge >= 0.3 is 5.97 Å². The number of hydrogen-bond acceptors (Lipinski definition) is 2. The lowest BCUT2D eigenvalue weighted by Crippen LogP contribution is -2.15. The number of esters is 1. The molecule has 2 nitrogen and oxygen atoms in total. The van der Waals surface area contributed by atoms with E-state index in [9.17, 15) is 26.7 Å². The van der Waals surface area contributed by atoms with Crippen molar-refractivity contribution in [1.82, 2.24) is 0 Å². The molecular formula is C10H5F5O2. The molecule has 1 rings (SSSR count). The molecule has 1 aromatic carbocycles. The van der Waals surface area contributed by atoms with E-state index < -0.39 is 47.2 Å². The fraction of sp³-hybridized carbons (Fsp3) is 0.100. The Morgan fingerprint density at radius 2 is 1.41 bits per heavy atom. The fourth-order valence-electron chi connectivity index (χ4n) is 0.991. The lowest BCUT2D eigenvalue weighted by Gasteiger charge is -2.07. The summed E-state index contributed by atoms with van der Waals surface area (Å²) in [6.07, 6.45) is 1.07. The molecule has 0 aliphatic rings. The van der Waals surface area contributed by atoms with Crippen molar-refractivity contribution in [2.45, 2.75) is 0 Å². The highest BCUT2D eigenvalue weighted by Crippen LogP contribution is 2.23. The minimum atomic E-state index is -2.33. The van der Waals surface area contributed by atoms with Gasteiger partial charge in [-0.2, -0.15) is 0 Å². The van der Waals surface area contributed by atoms with Gasteiger partial charge in [-0.25, -0.2) is 26.7 Å². The van der Waals surface area contributed by atoms with Gasteiger partial charge in [0.05, 0.1) is 0 Å². The second kappa shape index (κ2) is 4.94. The van der Waals surface area contributed by atoms with Crippen LogP contribution in [0.3, 0.4) is 0 Å². The maximum Gasteiger partial charge on any atom is 0.344 e. The van der Waals surface area contributed by atoms with Crippen molar-refractivity contribution in [2.75, 3.05) is 6.61 Å². The molecule has 0 atom stereocenters. The Kier molecular flexibility index (Phi) is 3.82. The average molecular weight is 252 g/mol. The molecule has 0 aliphatic carbocycles. The van der Waals surface area contributed by atoms with Crippen LogP contribution in [0.4, 0.5) is 22.0 Å². The van der Waals surface area contributed by atoms with Crippen molar-refractivity contribution in [1.29, 1.82) is 0 Å². The summed E-state index contributed by atoms with van der Waals surface area (Å²) in [6, 6.07) is 0. The first-order valence-corrected chi connectivity index (χ1v) is 4.21. The predicted molar refractivity (Wildman–Crippen MR) is 46.7 cm³/mol. The number of halogens is 5. The SMILES string of the molecule is C=CCOC(=O)c1c(F)c(F)c(F)c(F)c1F. The molecule has 0 aromatic heterocycles. The highest BCUT2D eigenvalue weighted by molar-refractivity contribution is 5.90. The lowest BCUT2D eigenvalue weighted by molar-refractivity contribution is 0.0535. The molecule has 0 heterocycles. The maximum absolute atomic E-state index is 13.0. The third-order valence-corrected chi connectivity index (χ3v) is 1.75. The van der Waals surface area contributed by atoms with Gasteiger partial charge in [-0.1, -0.05) is 12.7 Å². The van der Waals surface area contributed by atoms with E-state index in [-0.39, 0.29) is 0 Å². The van der Waals surface area contributed by atoms with Crippen LogP contribution in [0.5, 0.6) is 0 Å². The summed E-state index contributed by atoms with van der Waals surface area (Å²) in [4.78, 5) is 11.1. The van der Waals surface area contributed by atoms with Gasteiger partial charge in [-0.05, 0) is 0 Å². The van der Waals surface area contributed by atoms with Gasteiger partial charge in [0.1, 0.15) is 12.2 Å². The molecule has 0 N–H and O–H groups in total. The minimum absolute atomic E-state index is 0.418. The summed E-state index contributed by atoms with van der Waals surface area (Å²) in [5.41, 5.74) is -1.62. The first-order chi connectivity index (χ1) is 7.91. The van der Waals surface area contributed by atoms with Gasteiger partial charge in [0.15, 0.2) is 23.3 Å². The molecule has 0 spiro atoms. The van der Waals surface area contributed by atoms with Crippen molar-refractivity contribution in [3.8, 4) is 0 Å². The third-order valence-electron chi connectivity index (χ3n) is 1.75. The number of benzene rings is 1. The highest BCUT2D eigenvalue weighted by Gasteiger charge is 2.30. The smallest absolute Gasteiger partial charge is 0.344 e. The number of rotatable bonds is 3. The number of carbonyl (C=O) groups is 1. The summed E-state index contributed by atoms with van der Waals surface area (Å²) in [6.45, 7) is 2.73. The zero-order valence-corrected chi connectivity index (χ0v) is 8.20. The Balaban J connectivity index is 3.33. The predicted octanol–water partition coefficient (Wildman–Crippen LogP) is 2.72. The first kappa shape index (κ1) is 13.1. The summed E-state index contributed by atoms with van der Waals surface area (Å²) >= 11 is 0. The highest BCUT2D eigenvalue weighted by atomic mass is 19.2. The zero-order chi connectivity index (χ0) is 13.2. The monoisotopic (exact) mass is 252 g/mol. The van der Waals surface area contributed by atoms with Crippen LogP contribution in [-0.2, 0) is 4.74 Å². The van der Waals surface area contributed by atoms with E-state index in [0.29, 0.717) is 0 Å². The Labute approximate surface area is 92.3 Å². The molecule has 0 bridgehead atoms. The van der Waals surface area contributed by atoms with E-state index in [1.165, 1.54) is 0 Å². The molecule has 0 radical (unpaired) electrons. The molecule has 0 saturated heterocycles. The van der Waals surface area contributed by atoms with Crippen LogP contribution in [-0.4, -0.2) is 12.6 Å². The molecule has 7 heteroatoms. The fourth-order valence-corrected chi connectivity index (χ4v) is 0.991. The van der Waals surface area contributed by atoms with Gasteiger partial charge in [-0.3, -0.25) is 0 Å². The quantitative estimate of drug-likeness (QED) is 0.272. The van der Waals surface area contributed by atoms with Gasteiger partial charge in [0, 0.05) is 0 Å². The standard InChI is InChI=1S/C10H5F5O2/c1-2-3-17-10(16)4-5(11)7(13)9(15)8(14)6(4)12/h2H,1,3H2. The Morgan fingerprint density at radius 3 is 1.82 bits per heavy atom. The van der Waals surface area contributed by atoms with Crippen LogP contribution >= 0.6 is 0 Å². The van der Waals surface area contributed by atoms with Crippen LogP contribution in [0.25, 0.3) is 0 Å². The van der Waals surface area contributed by atoms with E-state index in [0.717, 1.165) is 6.08 Å². The number of ether oxygens (including phenoxy) is 1. The summed E-state index contributed by atoms with van der Waals surface area (Å²) in [7, 11) is 0. The van der Waals surface area contributed by atoms with Gasteiger partial charge in [0.25, 0.3) is 0 Å². The first-order valence-electron chi connectivity index (χ1n) is 4.21. The van der Waals surface area contributed by atoms with Crippen LogP contribution in [0, 0.1) is 29.1 Å². The topological polar surface area (TPSA) is 26.3 Å². The van der Waals surface area contributed by atoms with Gasteiger partial charge < -0.3 is 4.74 Å². The van der Waals surface area contributed by atoms with Crippen molar-refractivity contribution in [3.05, 3.63) is 47.3 Å².